The van der Waals surface area contributed by atoms with Crippen LogP contribution in [0.25, 0.3) is 0 Å². The van der Waals surface area contributed by atoms with E-state index in [0.29, 0.717) is 11.8 Å². The van der Waals surface area contributed by atoms with Gasteiger partial charge in [0.05, 0.1) is 0 Å². The van der Waals surface area contributed by atoms with E-state index in [1.54, 1.807) is 6.20 Å². The van der Waals surface area contributed by atoms with Crippen molar-refractivity contribution in [3.8, 4) is 5.88 Å². The van der Waals surface area contributed by atoms with Gasteiger partial charge < -0.3 is 14.7 Å². The summed E-state index contributed by atoms with van der Waals surface area (Å²) in [7, 11) is -1.83. The molecule has 0 fully saturated rings. The van der Waals surface area contributed by atoms with Crippen molar-refractivity contribution in [2.75, 3.05) is 0 Å². The van der Waals surface area contributed by atoms with E-state index in [1.807, 2.05) is 19.9 Å². The summed E-state index contributed by atoms with van der Waals surface area (Å²) in [6.07, 6.45) is 1.62. The van der Waals surface area contributed by atoms with E-state index in [-0.39, 0.29) is 5.92 Å². The van der Waals surface area contributed by atoms with E-state index in [2.05, 4.69) is 18.8 Å². The maximum atomic E-state index is 8.83. The van der Waals surface area contributed by atoms with Crippen molar-refractivity contribution in [1.82, 2.24) is 4.98 Å². The Hall–Kier alpha value is -1.07. The monoisotopic (exact) mass is 223 g/mol. The summed E-state index contributed by atoms with van der Waals surface area (Å²) in [5, 5.41) is 17.7. The van der Waals surface area contributed by atoms with Gasteiger partial charge in [0.25, 0.3) is 0 Å². The molecule has 0 radical (unpaired) electrons. The Morgan fingerprint density at radius 1 is 1.19 bits per heavy atom. The first-order valence-corrected chi connectivity index (χ1v) is 5.45. The standard InChI is InChI=1S/C11H18BNO3/c1-7(2)9-5-6-13-11(16-12(14)15)10(9)8(3)4/h5-8,14-15H,1-4H3. The molecule has 1 aromatic rings. The summed E-state index contributed by atoms with van der Waals surface area (Å²) in [6, 6.07) is 1.94. The molecule has 16 heavy (non-hydrogen) atoms. The molecule has 1 rings (SSSR count). The summed E-state index contributed by atoms with van der Waals surface area (Å²) in [4.78, 5) is 4.04. The Bertz CT molecular complexity index is 353. The van der Waals surface area contributed by atoms with Crippen LogP contribution in [-0.4, -0.2) is 22.4 Å². The molecule has 0 saturated heterocycles. The van der Waals surface area contributed by atoms with Crippen molar-refractivity contribution in [3.05, 3.63) is 23.4 Å². The zero-order valence-electron chi connectivity index (χ0n) is 10.1. The van der Waals surface area contributed by atoms with Crippen LogP contribution < -0.4 is 4.65 Å². The van der Waals surface area contributed by atoms with Crippen molar-refractivity contribution in [2.45, 2.75) is 39.5 Å². The highest BCUT2D eigenvalue weighted by atomic mass is 16.6. The predicted molar refractivity (Wildman–Crippen MR) is 63.2 cm³/mol. The van der Waals surface area contributed by atoms with Crippen LogP contribution in [0, 0.1) is 0 Å². The minimum atomic E-state index is -1.83. The van der Waals surface area contributed by atoms with Crippen LogP contribution in [0.15, 0.2) is 12.3 Å². The van der Waals surface area contributed by atoms with Gasteiger partial charge in [0.2, 0.25) is 5.88 Å². The molecule has 0 aliphatic rings. The van der Waals surface area contributed by atoms with Gasteiger partial charge in [-0.25, -0.2) is 4.98 Å². The number of pyridine rings is 1. The van der Waals surface area contributed by atoms with Gasteiger partial charge in [0.1, 0.15) is 0 Å². The second-order valence-electron chi connectivity index (χ2n) is 4.37. The first-order valence-electron chi connectivity index (χ1n) is 5.45. The highest BCUT2D eigenvalue weighted by Crippen LogP contribution is 2.32. The molecular formula is C11H18BNO3. The largest absolute Gasteiger partial charge is 0.708 e. The van der Waals surface area contributed by atoms with Gasteiger partial charge in [-0.05, 0) is 23.5 Å². The lowest BCUT2D eigenvalue weighted by Crippen LogP contribution is -2.22. The number of hydrogen-bond acceptors (Lipinski definition) is 4. The van der Waals surface area contributed by atoms with Crippen LogP contribution in [0.1, 0.15) is 50.7 Å². The van der Waals surface area contributed by atoms with Gasteiger partial charge >= 0.3 is 7.32 Å². The molecule has 5 heteroatoms. The molecule has 0 bridgehead atoms. The third-order valence-electron chi connectivity index (χ3n) is 2.40. The smallest absolute Gasteiger partial charge is 0.497 e. The summed E-state index contributed by atoms with van der Waals surface area (Å²) >= 11 is 0. The maximum Gasteiger partial charge on any atom is 0.708 e. The highest BCUT2D eigenvalue weighted by Gasteiger charge is 2.20. The quantitative estimate of drug-likeness (QED) is 0.762. The van der Waals surface area contributed by atoms with Gasteiger partial charge in [-0.3, -0.25) is 0 Å². The van der Waals surface area contributed by atoms with Crippen LogP contribution in [0.4, 0.5) is 0 Å². The molecule has 0 aromatic carbocycles. The minimum absolute atomic E-state index is 0.222. The van der Waals surface area contributed by atoms with E-state index in [9.17, 15) is 0 Å². The first kappa shape index (κ1) is 13.0. The van der Waals surface area contributed by atoms with Crippen molar-refractivity contribution in [3.63, 3.8) is 0 Å². The van der Waals surface area contributed by atoms with Crippen LogP contribution in [0.3, 0.4) is 0 Å². The summed E-state index contributed by atoms with van der Waals surface area (Å²) in [6.45, 7) is 8.22. The molecule has 1 heterocycles. The molecule has 4 nitrogen and oxygen atoms in total. The summed E-state index contributed by atoms with van der Waals surface area (Å²) in [5.41, 5.74) is 2.06. The van der Waals surface area contributed by atoms with E-state index in [1.165, 1.54) is 0 Å². The fourth-order valence-corrected chi connectivity index (χ4v) is 1.75. The number of rotatable bonds is 4. The fraction of sp³-hybridized carbons (Fsp3) is 0.545. The van der Waals surface area contributed by atoms with E-state index in [4.69, 9.17) is 14.7 Å². The average molecular weight is 223 g/mol. The minimum Gasteiger partial charge on any atom is -0.497 e. The SMILES string of the molecule is CC(C)c1ccnc(OB(O)O)c1C(C)C. The zero-order chi connectivity index (χ0) is 12.3. The van der Waals surface area contributed by atoms with Crippen LogP contribution in [-0.2, 0) is 0 Å². The molecule has 0 unspecified atom stereocenters. The van der Waals surface area contributed by atoms with E-state index < -0.39 is 7.32 Å². The average Bonchev–Trinajstić information content (AvgIpc) is 2.15. The number of aromatic nitrogens is 1. The van der Waals surface area contributed by atoms with Crippen LogP contribution in [0.2, 0.25) is 0 Å². The first-order chi connectivity index (χ1) is 7.43. The lowest BCUT2D eigenvalue weighted by atomic mass is 9.92. The Labute approximate surface area is 96.5 Å². The molecule has 0 atom stereocenters. The Balaban J connectivity index is 3.21. The Morgan fingerprint density at radius 3 is 2.25 bits per heavy atom. The molecule has 0 saturated carbocycles. The molecule has 2 N–H and O–H groups in total. The van der Waals surface area contributed by atoms with Crippen LogP contribution in [0.5, 0.6) is 5.88 Å². The third kappa shape index (κ3) is 2.96. The third-order valence-corrected chi connectivity index (χ3v) is 2.40. The maximum absolute atomic E-state index is 8.83. The second-order valence-corrected chi connectivity index (χ2v) is 4.37. The normalized spacial score (nSPS) is 11.0. The molecular weight excluding hydrogens is 205 g/mol. The van der Waals surface area contributed by atoms with Gasteiger partial charge in [0.15, 0.2) is 0 Å². The topological polar surface area (TPSA) is 62.6 Å². The molecule has 1 aromatic heterocycles. The van der Waals surface area contributed by atoms with E-state index in [0.717, 1.165) is 11.1 Å². The Kier molecular flexibility index (Phi) is 4.32. The Morgan fingerprint density at radius 2 is 1.81 bits per heavy atom. The molecule has 88 valence electrons. The lowest BCUT2D eigenvalue weighted by molar-refractivity contribution is 0.281. The van der Waals surface area contributed by atoms with Crippen molar-refractivity contribution < 1.29 is 14.7 Å². The van der Waals surface area contributed by atoms with Crippen molar-refractivity contribution >= 4 is 7.32 Å². The highest BCUT2D eigenvalue weighted by molar-refractivity contribution is 6.33. The van der Waals surface area contributed by atoms with E-state index >= 15 is 0 Å². The molecule has 0 aliphatic heterocycles. The van der Waals surface area contributed by atoms with Gasteiger partial charge in [-0.1, -0.05) is 27.7 Å². The number of hydrogen-bond donors (Lipinski definition) is 2. The zero-order valence-corrected chi connectivity index (χ0v) is 10.1. The summed E-state index contributed by atoms with van der Waals surface area (Å²) < 4.78 is 4.90. The lowest BCUT2D eigenvalue weighted by Gasteiger charge is -2.19. The second kappa shape index (κ2) is 5.32. The van der Waals surface area contributed by atoms with Gasteiger partial charge in [-0.15, -0.1) is 0 Å². The fourth-order valence-electron chi connectivity index (χ4n) is 1.75. The van der Waals surface area contributed by atoms with Crippen molar-refractivity contribution in [2.24, 2.45) is 0 Å². The molecule has 0 aliphatic carbocycles. The van der Waals surface area contributed by atoms with Gasteiger partial charge in [-0.2, -0.15) is 0 Å². The molecule has 0 spiro atoms. The van der Waals surface area contributed by atoms with Crippen LogP contribution >= 0.6 is 0 Å². The van der Waals surface area contributed by atoms with Gasteiger partial charge in [0, 0.05) is 11.8 Å². The van der Waals surface area contributed by atoms with Crippen molar-refractivity contribution in [1.29, 1.82) is 0 Å². The summed E-state index contributed by atoms with van der Waals surface area (Å²) in [5.74, 6) is 0.870. The molecule has 0 amide bonds. The number of nitrogens with zero attached hydrogens (tertiary/aromatic N) is 1. The predicted octanol–water partition coefficient (Wildman–Crippen LogP) is 1.68.